The molecule has 5 nitrogen and oxygen atoms in total. The van der Waals surface area contributed by atoms with Crippen molar-refractivity contribution < 1.29 is 14.3 Å². The number of carbonyl (C=O) groups is 2. The minimum absolute atomic E-state index is 0.436. The summed E-state index contributed by atoms with van der Waals surface area (Å²) in [4.78, 5) is 24.2. The first-order chi connectivity index (χ1) is 10.1. The Balaban J connectivity index is 2.18. The van der Waals surface area contributed by atoms with E-state index < -0.39 is 11.8 Å². The molecule has 1 aliphatic rings. The van der Waals surface area contributed by atoms with Gasteiger partial charge >= 0.3 is 0 Å². The smallest absolute Gasteiger partial charge is 0.275 e. The Kier molecular flexibility index (Phi) is 3.35. The molecular formula is C16H16N2O3. The second kappa shape index (κ2) is 5.18. The molecule has 0 aromatic heterocycles. The largest absolute Gasteiger partial charge is 0.493 e. The molecule has 2 N–H and O–H groups in total. The number of nitrogens with two attached hydrogens (primary N) is 1. The summed E-state index contributed by atoms with van der Waals surface area (Å²) in [5.41, 5.74) is 0.871. The van der Waals surface area contributed by atoms with Gasteiger partial charge in [-0.2, -0.15) is 0 Å². The number of unbranched alkanes of at least 4 members (excludes halogenated alkanes) is 1. The second-order valence-electron chi connectivity index (χ2n) is 5.02. The highest BCUT2D eigenvalue weighted by Gasteiger charge is 2.31. The number of carbonyl (C=O) groups excluding carboxylic acids is 2. The quantitative estimate of drug-likeness (QED) is 0.405. The molecule has 108 valence electrons. The van der Waals surface area contributed by atoms with Crippen LogP contribution < -0.4 is 10.6 Å². The zero-order valence-electron chi connectivity index (χ0n) is 11.8. The van der Waals surface area contributed by atoms with Crippen molar-refractivity contribution in [3.05, 3.63) is 41.5 Å². The molecule has 21 heavy (non-hydrogen) atoms. The summed E-state index contributed by atoms with van der Waals surface area (Å²) in [6.45, 7) is 2.70. The van der Waals surface area contributed by atoms with Crippen molar-refractivity contribution in [1.82, 2.24) is 5.01 Å². The molecule has 5 heteroatoms. The maximum atomic E-state index is 12.1. The monoisotopic (exact) mass is 284 g/mol. The van der Waals surface area contributed by atoms with Gasteiger partial charge < -0.3 is 4.74 Å². The van der Waals surface area contributed by atoms with E-state index in [0.29, 0.717) is 33.9 Å². The highest BCUT2D eigenvalue weighted by molar-refractivity contribution is 6.25. The van der Waals surface area contributed by atoms with E-state index in [4.69, 9.17) is 10.6 Å². The van der Waals surface area contributed by atoms with Crippen LogP contribution in [0.5, 0.6) is 5.75 Å². The van der Waals surface area contributed by atoms with Crippen molar-refractivity contribution in [3.8, 4) is 5.75 Å². The molecule has 0 bridgehead atoms. The summed E-state index contributed by atoms with van der Waals surface area (Å²) in [6, 6.07) is 8.74. The number of imide groups is 1. The summed E-state index contributed by atoms with van der Waals surface area (Å²) < 4.78 is 5.77. The third-order valence-corrected chi connectivity index (χ3v) is 3.65. The van der Waals surface area contributed by atoms with Gasteiger partial charge in [-0.3, -0.25) is 9.59 Å². The van der Waals surface area contributed by atoms with Crippen LogP contribution in [0, 0.1) is 0 Å². The lowest BCUT2D eigenvalue weighted by Crippen LogP contribution is -2.45. The van der Waals surface area contributed by atoms with Crippen molar-refractivity contribution in [1.29, 1.82) is 0 Å². The molecular weight excluding hydrogens is 268 g/mol. The number of nitrogens with zero attached hydrogens (tertiary/aromatic N) is 1. The van der Waals surface area contributed by atoms with E-state index in [2.05, 4.69) is 6.92 Å². The Morgan fingerprint density at radius 1 is 1.10 bits per heavy atom. The van der Waals surface area contributed by atoms with Crippen LogP contribution in [0.3, 0.4) is 0 Å². The summed E-state index contributed by atoms with van der Waals surface area (Å²) in [6.07, 6.45) is 2.00. The third kappa shape index (κ3) is 2.06. The van der Waals surface area contributed by atoms with E-state index >= 15 is 0 Å². The fourth-order valence-electron chi connectivity index (χ4n) is 2.54. The van der Waals surface area contributed by atoms with Crippen molar-refractivity contribution in [2.45, 2.75) is 19.8 Å². The molecule has 3 rings (SSSR count). The number of benzene rings is 2. The second-order valence-corrected chi connectivity index (χ2v) is 5.02. The zero-order valence-corrected chi connectivity index (χ0v) is 11.8. The molecule has 2 aromatic rings. The predicted molar refractivity (Wildman–Crippen MR) is 79.0 cm³/mol. The SMILES string of the molecule is CCCCOc1ccc2c3c(cccc13)C(=O)N(N)C2=O. The van der Waals surface area contributed by atoms with Crippen molar-refractivity contribution >= 4 is 22.6 Å². The third-order valence-electron chi connectivity index (χ3n) is 3.65. The van der Waals surface area contributed by atoms with Crippen molar-refractivity contribution in [3.63, 3.8) is 0 Å². The molecule has 1 aliphatic heterocycles. The van der Waals surface area contributed by atoms with Crippen LogP contribution in [0.25, 0.3) is 10.8 Å². The van der Waals surface area contributed by atoms with Gasteiger partial charge in [0, 0.05) is 10.8 Å². The summed E-state index contributed by atoms with van der Waals surface area (Å²) in [5, 5.41) is 2.06. The van der Waals surface area contributed by atoms with Crippen LogP contribution in [0.1, 0.15) is 40.5 Å². The first-order valence-corrected chi connectivity index (χ1v) is 6.97. The van der Waals surface area contributed by atoms with Crippen LogP contribution in [0.4, 0.5) is 0 Å². The Labute approximate surface area is 122 Å². The molecule has 0 unspecified atom stereocenters. The van der Waals surface area contributed by atoms with Crippen molar-refractivity contribution in [2.24, 2.45) is 5.84 Å². The van der Waals surface area contributed by atoms with Crippen LogP contribution in [0.2, 0.25) is 0 Å². The number of hydrogen-bond donors (Lipinski definition) is 1. The lowest BCUT2D eigenvalue weighted by molar-refractivity contribution is 0.0610. The first-order valence-electron chi connectivity index (χ1n) is 6.97. The standard InChI is InChI=1S/C16H16N2O3/c1-2-3-9-21-13-8-7-12-14-10(13)5-4-6-11(14)15(19)18(17)16(12)20/h4-8H,2-3,9,17H2,1H3. The molecule has 0 radical (unpaired) electrons. The Morgan fingerprint density at radius 3 is 2.52 bits per heavy atom. The fraction of sp³-hybridized carbons (Fsp3) is 0.250. The maximum Gasteiger partial charge on any atom is 0.275 e. The van der Waals surface area contributed by atoms with E-state index in [1.807, 2.05) is 6.07 Å². The Hall–Kier alpha value is -2.40. The lowest BCUT2D eigenvalue weighted by Gasteiger charge is -2.23. The zero-order chi connectivity index (χ0) is 15.0. The summed E-state index contributed by atoms with van der Waals surface area (Å²) >= 11 is 0. The van der Waals surface area contributed by atoms with E-state index in [-0.39, 0.29) is 0 Å². The molecule has 0 spiro atoms. The van der Waals surface area contributed by atoms with Crippen molar-refractivity contribution in [2.75, 3.05) is 6.61 Å². The van der Waals surface area contributed by atoms with Crippen LogP contribution in [0.15, 0.2) is 30.3 Å². The molecule has 2 aromatic carbocycles. The van der Waals surface area contributed by atoms with Gasteiger partial charge in [-0.15, -0.1) is 0 Å². The highest BCUT2D eigenvalue weighted by atomic mass is 16.5. The van der Waals surface area contributed by atoms with Gasteiger partial charge in [0.2, 0.25) is 0 Å². The maximum absolute atomic E-state index is 12.1. The molecule has 0 fully saturated rings. The Bertz CT molecular complexity index is 717. The van der Waals surface area contributed by atoms with Crippen LogP contribution >= 0.6 is 0 Å². The molecule has 0 atom stereocenters. The number of hydrogen-bond acceptors (Lipinski definition) is 4. The fourth-order valence-corrected chi connectivity index (χ4v) is 2.54. The Morgan fingerprint density at radius 2 is 1.81 bits per heavy atom. The van der Waals surface area contributed by atoms with E-state index in [0.717, 1.165) is 18.2 Å². The number of amides is 2. The molecule has 2 amide bonds. The van der Waals surface area contributed by atoms with E-state index in [9.17, 15) is 9.59 Å². The lowest BCUT2D eigenvalue weighted by atomic mass is 9.94. The van der Waals surface area contributed by atoms with Gasteiger partial charge in [-0.05, 0) is 24.6 Å². The van der Waals surface area contributed by atoms with Crippen LogP contribution in [-0.4, -0.2) is 23.4 Å². The van der Waals surface area contributed by atoms with Gasteiger partial charge in [0.05, 0.1) is 17.7 Å². The van der Waals surface area contributed by atoms with Gasteiger partial charge in [0.15, 0.2) is 0 Å². The average molecular weight is 284 g/mol. The van der Waals surface area contributed by atoms with Gasteiger partial charge in [0.25, 0.3) is 11.8 Å². The minimum Gasteiger partial charge on any atom is -0.493 e. The number of ether oxygens (including phenoxy) is 1. The number of rotatable bonds is 4. The number of hydrazine groups is 1. The molecule has 0 saturated carbocycles. The first kappa shape index (κ1) is 13.6. The van der Waals surface area contributed by atoms with Gasteiger partial charge in [0.1, 0.15) is 5.75 Å². The highest BCUT2D eigenvalue weighted by Crippen LogP contribution is 2.34. The average Bonchev–Trinajstić information content (AvgIpc) is 2.51. The molecule has 1 heterocycles. The molecule has 0 saturated heterocycles. The molecule has 0 aliphatic carbocycles. The predicted octanol–water partition coefficient (Wildman–Crippen LogP) is 2.49. The van der Waals surface area contributed by atoms with Gasteiger partial charge in [-0.25, -0.2) is 10.9 Å². The summed E-state index contributed by atoms with van der Waals surface area (Å²) in [5.74, 6) is 5.28. The topological polar surface area (TPSA) is 72.6 Å². The van der Waals surface area contributed by atoms with Gasteiger partial charge in [-0.1, -0.05) is 25.5 Å². The van der Waals surface area contributed by atoms with Crippen LogP contribution in [-0.2, 0) is 0 Å². The van der Waals surface area contributed by atoms with E-state index in [1.165, 1.54) is 0 Å². The normalized spacial score (nSPS) is 13.9. The van der Waals surface area contributed by atoms with E-state index in [1.54, 1.807) is 24.3 Å². The minimum atomic E-state index is -0.483. The summed E-state index contributed by atoms with van der Waals surface area (Å²) in [7, 11) is 0.